The Bertz CT molecular complexity index is 713. The molecule has 3 heteroatoms. The average molecular weight is 292 g/mol. The number of rotatable bonds is 2. The molecule has 1 atom stereocenters. The molecule has 1 aliphatic rings. The fourth-order valence-corrected chi connectivity index (χ4v) is 2.45. The summed E-state index contributed by atoms with van der Waals surface area (Å²) < 4.78 is 13.1. The van der Waals surface area contributed by atoms with Crippen LogP contribution in [0.2, 0.25) is 0 Å². The lowest BCUT2D eigenvalue weighted by molar-refractivity contribution is 0.461. The number of aromatic nitrogens is 1. The highest BCUT2D eigenvalue weighted by molar-refractivity contribution is 5.48. The maximum atomic E-state index is 13.1. The predicted molar refractivity (Wildman–Crippen MR) is 86.2 cm³/mol. The molecule has 2 aromatic rings. The van der Waals surface area contributed by atoms with Gasteiger partial charge in [-0.15, -0.1) is 0 Å². The van der Waals surface area contributed by atoms with E-state index in [0.717, 1.165) is 30.8 Å². The molecular formula is C19H17FN2. The van der Waals surface area contributed by atoms with E-state index in [0.29, 0.717) is 5.92 Å². The fourth-order valence-electron chi connectivity index (χ4n) is 2.45. The predicted octanol–water partition coefficient (Wildman–Crippen LogP) is 3.57. The minimum atomic E-state index is -0.206. The van der Waals surface area contributed by atoms with Crippen LogP contribution in [0.25, 0.3) is 6.08 Å². The number of hydrogen-bond donors (Lipinski definition) is 0. The van der Waals surface area contributed by atoms with E-state index in [4.69, 9.17) is 0 Å². The maximum absolute atomic E-state index is 13.1. The van der Waals surface area contributed by atoms with E-state index in [1.165, 1.54) is 12.1 Å². The maximum Gasteiger partial charge on any atom is 0.123 e. The van der Waals surface area contributed by atoms with Gasteiger partial charge in [-0.25, -0.2) is 9.37 Å². The first kappa shape index (κ1) is 14.3. The summed E-state index contributed by atoms with van der Waals surface area (Å²) in [6.07, 6.45) is 6.77. The minimum Gasteiger partial charge on any atom is -0.376 e. The quantitative estimate of drug-likeness (QED) is 0.787. The molecule has 0 amide bonds. The molecule has 0 radical (unpaired) electrons. The van der Waals surface area contributed by atoms with Crippen LogP contribution >= 0.6 is 0 Å². The van der Waals surface area contributed by atoms with Gasteiger partial charge in [0.15, 0.2) is 0 Å². The normalized spacial score (nSPS) is 17.5. The van der Waals surface area contributed by atoms with Crippen molar-refractivity contribution >= 4 is 6.08 Å². The van der Waals surface area contributed by atoms with Crippen molar-refractivity contribution < 1.29 is 4.39 Å². The molecule has 0 spiro atoms. The van der Waals surface area contributed by atoms with Crippen molar-refractivity contribution in [2.45, 2.75) is 6.42 Å². The first-order valence-corrected chi connectivity index (χ1v) is 7.40. The van der Waals surface area contributed by atoms with Crippen molar-refractivity contribution in [2.75, 3.05) is 13.1 Å². The Morgan fingerprint density at radius 3 is 3.00 bits per heavy atom. The lowest BCUT2D eigenvalue weighted by Gasteiger charge is -2.10. The van der Waals surface area contributed by atoms with Gasteiger partial charge in [0.05, 0.1) is 0 Å². The van der Waals surface area contributed by atoms with Crippen LogP contribution in [0.4, 0.5) is 4.39 Å². The number of nitrogens with zero attached hydrogens (tertiary/aromatic N) is 2. The number of pyridine rings is 1. The Morgan fingerprint density at radius 1 is 1.23 bits per heavy atom. The second kappa shape index (κ2) is 6.91. The molecule has 1 aliphatic heterocycles. The van der Waals surface area contributed by atoms with Crippen molar-refractivity contribution in [3.8, 4) is 11.8 Å². The summed E-state index contributed by atoms with van der Waals surface area (Å²) in [6.45, 7) is 1.89. The summed E-state index contributed by atoms with van der Waals surface area (Å²) in [5.74, 6) is 6.57. The standard InChI is InChI=1S/C19H17FN2/c20-18-5-3-4-16(14-18)9-12-22-13-10-17(15-22)7-8-19-6-1-2-11-21-19/h1-6,9,11-12,14,17H,10,13,15H2. The highest BCUT2D eigenvalue weighted by Gasteiger charge is 2.17. The van der Waals surface area contributed by atoms with Gasteiger partial charge in [0.25, 0.3) is 0 Å². The highest BCUT2D eigenvalue weighted by Crippen LogP contribution is 2.16. The molecule has 0 bridgehead atoms. The Hall–Kier alpha value is -2.60. The smallest absolute Gasteiger partial charge is 0.123 e. The van der Waals surface area contributed by atoms with Crippen LogP contribution in [-0.2, 0) is 0 Å². The van der Waals surface area contributed by atoms with Gasteiger partial charge in [0, 0.05) is 25.2 Å². The summed E-state index contributed by atoms with van der Waals surface area (Å²) in [7, 11) is 0. The SMILES string of the molecule is Fc1cccc(C=CN2CCC(C#Cc3ccccn3)C2)c1. The zero-order chi connectivity index (χ0) is 15.2. The topological polar surface area (TPSA) is 16.1 Å². The Labute approximate surface area is 130 Å². The minimum absolute atomic E-state index is 0.206. The summed E-state index contributed by atoms with van der Waals surface area (Å²) in [4.78, 5) is 6.43. The van der Waals surface area contributed by atoms with Crippen LogP contribution in [0.5, 0.6) is 0 Å². The van der Waals surface area contributed by atoms with E-state index in [9.17, 15) is 4.39 Å². The van der Waals surface area contributed by atoms with Gasteiger partial charge in [0.1, 0.15) is 11.5 Å². The van der Waals surface area contributed by atoms with E-state index < -0.39 is 0 Å². The van der Waals surface area contributed by atoms with E-state index in [-0.39, 0.29) is 5.82 Å². The number of benzene rings is 1. The third kappa shape index (κ3) is 3.95. The molecule has 0 N–H and O–H groups in total. The van der Waals surface area contributed by atoms with E-state index >= 15 is 0 Å². The van der Waals surface area contributed by atoms with Gasteiger partial charge in [-0.1, -0.05) is 24.1 Å². The second-order valence-electron chi connectivity index (χ2n) is 5.34. The Kier molecular flexibility index (Phi) is 4.50. The molecule has 1 aromatic heterocycles. The third-order valence-corrected chi connectivity index (χ3v) is 3.62. The molecule has 1 fully saturated rings. The second-order valence-corrected chi connectivity index (χ2v) is 5.34. The summed E-state index contributed by atoms with van der Waals surface area (Å²) >= 11 is 0. The lowest BCUT2D eigenvalue weighted by Crippen LogP contribution is -2.12. The largest absolute Gasteiger partial charge is 0.376 e. The van der Waals surface area contributed by atoms with Gasteiger partial charge in [-0.3, -0.25) is 0 Å². The third-order valence-electron chi connectivity index (χ3n) is 3.62. The summed E-state index contributed by atoms with van der Waals surface area (Å²) in [5, 5.41) is 0. The number of likely N-dealkylation sites (tertiary alicyclic amines) is 1. The van der Waals surface area contributed by atoms with Gasteiger partial charge in [0.2, 0.25) is 0 Å². The van der Waals surface area contributed by atoms with Crippen LogP contribution in [-0.4, -0.2) is 23.0 Å². The molecule has 1 unspecified atom stereocenters. The van der Waals surface area contributed by atoms with Crippen LogP contribution in [0, 0.1) is 23.6 Å². The molecular weight excluding hydrogens is 275 g/mol. The Morgan fingerprint density at radius 2 is 2.18 bits per heavy atom. The lowest BCUT2D eigenvalue weighted by atomic mass is 10.1. The summed E-state index contributed by atoms with van der Waals surface area (Å²) in [5.41, 5.74) is 1.69. The molecule has 1 aromatic carbocycles. The van der Waals surface area contributed by atoms with E-state index in [1.54, 1.807) is 12.3 Å². The van der Waals surface area contributed by atoms with Gasteiger partial charge in [-0.05, 0) is 54.4 Å². The van der Waals surface area contributed by atoms with Crippen molar-refractivity contribution in [1.29, 1.82) is 0 Å². The van der Waals surface area contributed by atoms with Crippen molar-refractivity contribution in [2.24, 2.45) is 5.92 Å². The van der Waals surface area contributed by atoms with Crippen LogP contribution in [0.1, 0.15) is 17.7 Å². The van der Waals surface area contributed by atoms with Gasteiger partial charge >= 0.3 is 0 Å². The Balaban J connectivity index is 1.58. The van der Waals surface area contributed by atoms with Crippen molar-refractivity contribution in [3.63, 3.8) is 0 Å². The number of halogens is 1. The van der Waals surface area contributed by atoms with E-state index in [1.807, 2.05) is 36.5 Å². The monoisotopic (exact) mass is 292 g/mol. The zero-order valence-electron chi connectivity index (χ0n) is 12.2. The van der Waals surface area contributed by atoms with Crippen molar-refractivity contribution in [3.05, 3.63) is 71.9 Å². The zero-order valence-corrected chi connectivity index (χ0v) is 12.2. The van der Waals surface area contributed by atoms with Crippen LogP contribution in [0.3, 0.4) is 0 Å². The molecule has 110 valence electrons. The molecule has 1 saturated heterocycles. The number of hydrogen-bond acceptors (Lipinski definition) is 2. The summed E-state index contributed by atoms with van der Waals surface area (Å²) in [6, 6.07) is 12.4. The van der Waals surface area contributed by atoms with Crippen molar-refractivity contribution in [1.82, 2.24) is 9.88 Å². The van der Waals surface area contributed by atoms with Gasteiger partial charge < -0.3 is 4.90 Å². The molecule has 22 heavy (non-hydrogen) atoms. The molecule has 0 saturated carbocycles. The average Bonchev–Trinajstić information content (AvgIpc) is 3.00. The molecule has 3 rings (SSSR count). The molecule has 2 heterocycles. The molecule has 2 nitrogen and oxygen atoms in total. The molecule has 0 aliphatic carbocycles. The van der Waals surface area contributed by atoms with Gasteiger partial charge in [-0.2, -0.15) is 0 Å². The fraction of sp³-hybridized carbons (Fsp3) is 0.211. The van der Waals surface area contributed by atoms with Crippen LogP contribution in [0.15, 0.2) is 54.9 Å². The first-order valence-electron chi connectivity index (χ1n) is 7.40. The van der Waals surface area contributed by atoms with Crippen LogP contribution < -0.4 is 0 Å². The highest BCUT2D eigenvalue weighted by atomic mass is 19.1. The van der Waals surface area contributed by atoms with E-state index in [2.05, 4.69) is 21.7 Å². The first-order chi connectivity index (χ1) is 10.8.